The monoisotopic (exact) mass is 414 g/mol. The van der Waals surface area contributed by atoms with Crippen LogP contribution < -0.4 is 0 Å². The summed E-state index contributed by atoms with van der Waals surface area (Å²) in [7, 11) is -1.95. The number of ether oxygens (including phenoxy) is 2. The van der Waals surface area contributed by atoms with Gasteiger partial charge in [0.25, 0.3) is 0 Å². The fourth-order valence-corrected chi connectivity index (χ4v) is 4.22. The van der Waals surface area contributed by atoms with E-state index in [2.05, 4.69) is 61.6 Å². The van der Waals surface area contributed by atoms with Gasteiger partial charge in [-0.1, -0.05) is 48.5 Å². The fraction of sp³-hybridized carbons (Fsp3) is 0.909. The zero-order valence-electron chi connectivity index (χ0n) is 19.5. The quantitative estimate of drug-likeness (QED) is 0.274. The lowest BCUT2D eigenvalue weighted by Crippen LogP contribution is -2.58. The van der Waals surface area contributed by atoms with Crippen LogP contribution in [0.1, 0.15) is 74.1 Å². The highest BCUT2D eigenvalue weighted by atomic mass is 28.4. The summed E-state index contributed by atoms with van der Waals surface area (Å²) in [5.74, 6) is -0.00819. The third-order valence-electron chi connectivity index (χ3n) is 6.06. The van der Waals surface area contributed by atoms with Crippen LogP contribution in [-0.2, 0) is 23.5 Å². The largest absolute Gasteiger partial charge is 0.465 e. The Morgan fingerprint density at radius 2 is 1.32 bits per heavy atom. The van der Waals surface area contributed by atoms with Crippen molar-refractivity contribution in [3.63, 3.8) is 0 Å². The smallest absolute Gasteiger partial charge is 0.323 e. The first-order valence-corrected chi connectivity index (χ1v) is 13.6. The molecule has 0 bridgehead atoms. The Labute approximate surface area is 173 Å². The van der Waals surface area contributed by atoms with E-state index in [-0.39, 0.29) is 11.1 Å². The molecule has 6 heteroatoms. The van der Waals surface area contributed by atoms with Gasteiger partial charge in [-0.05, 0) is 55.7 Å². The Hall–Kier alpha value is -0.883. The van der Waals surface area contributed by atoms with Crippen molar-refractivity contribution >= 4 is 20.3 Å². The van der Waals surface area contributed by atoms with Crippen LogP contribution >= 0.6 is 0 Å². The second-order valence-corrected chi connectivity index (χ2v) is 15.4. The molecule has 1 rings (SSSR count). The molecule has 0 spiro atoms. The normalized spacial score (nSPS) is 17.5. The summed E-state index contributed by atoms with van der Waals surface area (Å²) in [5, 5.41) is 0.0841. The van der Waals surface area contributed by atoms with Gasteiger partial charge in [-0.15, -0.1) is 0 Å². The molecule has 164 valence electrons. The van der Waals surface area contributed by atoms with Gasteiger partial charge in [0.2, 0.25) is 0 Å². The lowest BCUT2D eigenvalue weighted by Gasteiger charge is -2.48. The van der Waals surface area contributed by atoms with E-state index in [1.165, 1.54) is 0 Å². The summed E-state index contributed by atoms with van der Waals surface area (Å²) in [6.45, 7) is 19.9. The average Bonchev–Trinajstić information content (AvgIpc) is 2.48. The number of hydrogen-bond donors (Lipinski definition) is 0. The second kappa shape index (κ2) is 9.75. The maximum absolute atomic E-state index is 12.8. The Bertz CT molecular complexity index is 500. The van der Waals surface area contributed by atoms with Crippen molar-refractivity contribution in [1.82, 2.24) is 0 Å². The minimum atomic E-state index is -1.95. The standard InChI is InChI=1S/C22H42O5Si/c1-16(2)10-12-25-19(23)22(20(24)26-13-11-17(3)4)14-18(15-22)27-28(8,9)21(5,6)7/h16-18H,10-15H2,1-9H3. The van der Waals surface area contributed by atoms with E-state index < -0.39 is 25.7 Å². The minimum absolute atomic E-state index is 0.0841. The average molecular weight is 415 g/mol. The first-order chi connectivity index (χ1) is 12.7. The lowest BCUT2D eigenvalue weighted by molar-refractivity contribution is -0.187. The molecule has 0 heterocycles. The van der Waals surface area contributed by atoms with Crippen LogP contribution in [0.3, 0.4) is 0 Å². The zero-order chi connectivity index (χ0) is 21.8. The molecule has 0 radical (unpaired) electrons. The lowest BCUT2D eigenvalue weighted by atomic mass is 9.66. The molecule has 0 N–H and O–H groups in total. The molecule has 0 saturated heterocycles. The van der Waals surface area contributed by atoms with Crippen molar-refractivity contribution in [1.29, 1.82) is 0 Å². The van der Waals surface area contributed by atoms with Crippen LogP contribution in [0.4, 0.5) is 0 Å². The Kier molecular flexibility index (Phi) is 8.76. The van der Waals surface area contributed by atoms with Gasteiger partial charge in [-0.2, -0.15) is 0 Å². The van der Waals surface area contributed by atoms with E-state index in [0.29, 0.717) is 37.9 Å². The molecule has 1 aliphatic carbocycles. The van der Waals surface area contributed by atoms with Crippen LogP contribution in [0.25, 0.3) is 0 Å². The van der Waals surface area contributed by atoms with Gasteiger partial charge in [0, 0.05) is 6.10 Å². The number of esters is 2. The van der Waals surface area contributed by atoms with Crippen molar-refractivity contribution in [2.24, 2.45) is 17.3 Å². The predicted octanol–water partition coefficient (Wildman–Crippen LogP) is 5.34. The summed E-state index contributed by atoms with van der Waals surface area (Å²) in [5.41, 5.74) is -1.19. The Morgan fingerprint density at radius 1 is 0.929 bits per heavy atom. The van der Waals surface area contributed by atoms with Gasteiger partial charge in [-0.3, -0.25) is 9.59 Å². The third kappa shape index (κ3) is 6.58. The Balaban J connectivity index is 2.79. The molecule has 1 aliphatic rings. The minimum Gasteiger partial charge on any atom is -0.465 e. The van der Waals surface area contributed by atoms with Gasteiger partial charge >= 0.3 is 11.9 Å². The van der Waals surface area contributed by atoms with Crippen LogP contribution in [0.5, 0.6) is 0 Å². The van der Waals surface area contributed by atoms with E-state index in [0.717, 1.165) is 12.8 Å². The van der Waals surface area contributed by atoms with Gasteiger partial charge in [0.05, 0.1) is 13.2 Å². The van der Waals surface area contributed by atoms with Crippen LogP contribution in [0.15, 0.2) is 0 Å². The van der Waals surface area contributed by atoms with Crippen molar-refractivity contribution in [2.75, 3.05) is 13.2 Å². The first-order valence-electron chi connectivity index (χ1n) is 10.7. The number of hydrogen-bond acceptors (Lipinski definition) is 5. The number of carbonyl (C=O) groups is 2. The van der Waals surface area contributed by atoms with Crippen LogP contribution in [0, 0.1) is 17.3 Å². The van der Waals surface area contributed by atoms with Crippen LogP contribution in [0.2, 0.25) is 18.1 Å². The summed E-state index contributed by atoms with van der Waals surface area (Å²) >= 11 is 0. The van der Waals surface area contributed by atoms with E-state index in [4.69, 9.17) is 13.9 Å². The molecule has 0 amide bonds. The molecule has 0 aromatic heterocycles. The molecular formula is C22H42O5Si. The van der Waals surface area contributed by atoms with Gasteiger partial charge in [0.1, 0.15) is 0 Å². The topological polar surface area (TPSA) is 61.8 Å². The molecule has 0 unspecified atom stereocenters. The molecule has 5 nitrogen and oxygen atoms in total. The maximum Gasteiger partial charge on any atom is 0.323 e. The zero-order valence-corrected chi connectivity index (χ0v) is 20.5. The van der Waals surface area contributed by atoms with E-state index in [1.807, 2.05) is 0 Å². The molecule has 28 heavy (non-hydrogen) atoms. The molecule has 0 atom stereocenters. The Morgan fingerprint density at radius 3 is 1.64 bits per heavy atom. The molecule has 0 aromatic rings. The van der Waals surface area contributed by atoms with Gasteiger partial charge in [0.15, 0.2) is 13.7 Å². The number of rotatable bonds is 10. The fourth-order valence-electron chi connectivity index (χ4n) is 2.86. The maximum atomic E-state index is 12.8. The SMILES string of the molecule is CC(C)CCOC(=O)C1(C(=O)OCCC(C)C)CC(O[Si](C)(C)C(C)(C)C)C1. The third-order valence-corrected chi connectivity index (χ3v) is 10.6. The van der Waals surface area contributed by atoms with Crippen molar-refractivity contribution in [3.8, 4) is 0 Å². The van der Waals surface area contributed by atoms with Crippen molar-refractivity contribution < 1.29 is 23.5 Å². The van der Waals surface area contributed by atoms with Gasteiger partial charge in [-0.25, -0.2) is 0 Å². The summed E-state index contributed by atoms with van der Waals surface area (Å²) in [6, 6.07) is 0. The van der Waals surface area contributed by atoms with Crippen molar-refractivity contribution in [2.45, 2.75) is 98.4 Å². The first kappa shape index (κ1) is 25.2. The molecule has 0 aromatic carbocycles. The summed E-state index contributed by atoms with van der Waals surface area (Å²) < 4.78 is 17.3. The summed E-state index contributed by atoms with van der Waals surface area (Å²) in [6.07, 6.45) is 2.21. The second-order valence-electron chi connectivity index (χ2n) is 10.6. The molecule has 1 saturated carbocycles. The summed E-state index contributed by atoms with van der Waals surface area (Å²) in [4.78, 5) is 25.6. The highest BCUT2D eigenvalue weighted by Crippen LogP contribution is 2.48. The predicted molar refractivity (Wildman–Crippen MR) is 115 cm³/mol. The van der Waals surface area contributed by atoms with Gasteiger partial charge < -0.3 is 13.9 Å². The highest BCUT2D eigenvalue weighted by molar-refractivity contribution is 6.74. The van der Waals surface area contributed by atoms with E-state index >= 15 is 0 Å². The van der Waals surface area contributed by atoms with E-state index in [9.17, 15) is 9.59 Å². The highest BCUT2D eigenvalue weighted by Gasteiger charge is 2.60. The van der Waals surface area contributed by atoms with Crippen LogP contribution in [-0.4, -0.2) is 39.6 Å². The number of carbonyl (C=O) groups excluding carboxylic acids is 2. The molecule has 1 fully saturated rings. The molecular weight excluding hydrogens is 372 g/mol. The molecule has 0 aliphatic heterocycles. The van der Waals surface area contributed by atoms with E-state index in [1.54, 1.807) is 0 Å². The van der Waals surface area contributed by atoms with Crippen molar-refractivity contribution in [3.05, 3.63) is 0 Å².